The predicted octanol–water partition coefficient (Wildman–Crippen LogP) is 12.3. The zero-order valence-electron chi connectivity index (χ0n) is 29.8. The lowest BCUT2D eigenvalue weighted by molar-refractivity contribution is 0.670. The molecule has 0 fully saturated rings. The molecule has 7 aromatic rings. The van der Waals surface area contributed by atoms with Crippen LogP contribution in [0, 0.1) is 12.3 Å². The molecule has 0 radical (unpaired) electrons. The van der Waals surface area contributed by atoms with Crippen molar-refractivity contribution in [1.82, 2.24) is 0 Å². The molecule has 0 bridgehead atoms. The molecule has 1 aromatic heterocycles. The van der Waals surface area contributed by atoms with Crippen LogP contribution in [-0.4, -0.2) is 5.71 Å². The Morgan fingerprint density at radius 2 is 1.47 bits per heavy atom. The molecule has 0 spiro atoms. The first-order valence-corrected chi connectivity index (χ1v) is 17.8. The Bertz CT molecular complexity index is 2520. The molecule has 5 nitrogen and oxygen atoms in total. The first kappa shape index (κ1) is 34.6. The zero-order valence-corrected chi connectivity index (χ0v) is 29.8. The Morgan fingerprint density at radius 3 is 2.17 bits per heavy atom. The van der Waals surface area contributed by atoms with Crippen molar-refractivity contribution in [3.8, 4) is 11.1 Å². The third kappa shape index (κ3) is 7.90. The molecular weight excluding hydrogens is 649 g/mol. The van der Waals surface area contributed by atoms with Crippen molar-refractivity contribution >= 4 is 62.1 Å². The summed E-state index contributed by atoms with van der Waals surface area (Å²) in [5.41, 5.74) is 25.9. The molecule has 1 heterocycles. The van der Waals surface area contributed by atoms with Crippen molar-refractivity contribution in [1.29, 1.82) is 5.41 Å². The van der Waals surface area contributed by atoms with Gasteiger partial charge in [0.25, 0.3) is 0 Å². The van der Waals surface area contributed by atoms with Gasteiger partial charge in [0, 0.05) is 27.8 Å². The van der Waals surface area contributed by atoms with Gasteiger partial charge in [0.1, 0.15) is 5.58 Å². The van der Waals surface area contributed by atoms with E-state index in [2.05, 4.69) is 79.5 Å². The fraction of sp³-hybridized carbons (Fsp3) is 0.0625. The number of rotatable bonds is 8. The Kier molecular flexibility index (Phi) is 10.2. The summed E-state index contributed by atoms with van der Waals surface area (Å²) in [6.45, 7) is 6.01. The van der Waals surface area contributed by atoms with Crippen molar-refractivity contribution in [3.63, 3.8) is 0 Å². The minimum atomic E-state index is 0.364. The van der Waals surface area contributed by atoms with Crippen LogP contribution in [0.15, 0.2) is 169 Å². The monoisotopic (exact) mass is 690 g/mol. The third-order valence-corrected chi connectivity index (χ3v) is 9.38. The van der Waals surface area contributed by atoms with Crippen molar-refractivity contribution in [3.05, 3.63) is 192 Å². The van der Waals surface area contributed by atoms with E-state index in [0.29, 0.717) is 17.1 Å². The lowest BCUT2D eigenvalue weighted by atomic mass is 9.97. The number of furan rings is 1. The maximum absolute atomic E-state index is 8.70. The van der Waals surface area contributed by atoms with Gasteiger partial charge >= 0.3 is 0 Å². The second kappa shape index (κ2) is 15.6. The van der Waals surface area contributed by atoms with E-state index in [4.69, 9.17) is 21.3 Å². The molecule has 8 rings (SSSR count). The molecule has 260 valence electrons. The van der Waals surface area contributed by atoms with E-state index in [-0.39, 0.29) is 0 Å². The highest BCUT2D eigenvalue weighted by Gasteiger charge is 2.14. The van der Waals surface area contributed by atoms with Crippen LogP contribution >= 0.6 is 0 Å². The number of anilines is 3. The molecule has 1 aliphatic rings. The predicted molar refractivity (Wildman–Crippen MR) is 226 cm³/mol. The molecule has 0 saturated carbocycles. The number of hydrogen-bond donors (Lipinski definition) is 4. The van der Waals surface area contributed by atoms with Gasteiger partial charge in [-0.2, -0.15) is 0 Å². The van der Waals surface area contributed by atoms with E-state index in [1.165, 1.54) is 16.7 Å². The average Bonchev–Trinajstić information content (AvgIpc) is 3.58. The summed E-state index contributed by atoms with van der Waals surface area (Å²) < 4.78 is 6.34. The molecule has 0 unspecified atom stereocenters. The highest BCUT2D eigenvalue weighted by molar-refractivity contribution is 6.11. The van der Waals surface area contributed by atoms with Crippen LogP contribution in [0.2, 0.25) is 0 Å². The zero-order chi connectivity index (χ0) is 36.7. The van der Waals surface area contributed by atoms with Crippen LogP contribution in [-0.2, 0) is 0 Å². The first-order valence-electron chi connectivity index (χ1n) is 17.8. The summed E-state index contributed by atoms with van der Waals surface area (Å²) in [5.74, 6) is 0. The molecule has 1 aliphatic carbocycles. The van der Waals surface area contributed by atoms with Gasteiger partial charge in [-0.15, -0.1) is 0 Å². The number of fused-ring (bicyclic) bond motifs is 3. The molecule has 0 amide bonds. The number of nitrogen functional groups attached to an aromatic ring is 1. The highest BCUT2D eigenvalue weighted by atomic mass is 16.3. The number of hydrogen-bond acceptors (Lipinski definition) is 5. The molecule has 0 aliphatic heterocycles. The van der Waals surface area contributed by atoms with Crippen LogP contribution in [0.3, 0.4) is 0 Å². The number of benzene rings is 6. The van der Waals surface area contributed by atoms with Crippen molar-refractivity contribution < 1.29 is 4.42 Å². The molecule has 0 atom stereocenters. The Morgan fingerprint density at radius 1 is 0.736 bits per heavy atom. The minimum Gasteiger partial charge on any atom is -0.454 e. The average molecular weight is 691 g/mol. The summed E-state index contributed by atoms with van der Waals surface area (Å²) in [7, 11) is 0. The van der Waals surface area contributed by atoms with E-state index < -0.39 is 0 Å². The van der Waals surface area contributed by atoms with Crippen LogP contribution in [0.25, 0.3) is 50.4 Å². The minimum absolute atomic E-state index is 0.364. The van der Waals surface area contributed by atoms with Crippen LogP contribution < -0.4 is 16.8 Å². The number of allylic oxidation sites excluding steroid dienone is 5. The number of para-hydroxylation sites is 1. The number of aryl methyl sites for hydroxylation is 1. The molecule has 53 heavy (non-hydrogen) atoms. The van der Waals surface area contributed by atoms with Crippen molar-refractivity contribution in [2.75, 3.05) is 11.1 Å². The summed E-state index contributed by atoms with van der Waals surface area (Å²) in [6, 6.07) is 44.6. The fourth-order valence-electron chi connectivity index (χ4n) is 6.47. The van der Waals surface area contributed by atoms with E-state index >= 15 is 0 Å². The van der Waals surface area contributed by atoms with Gasteiger partial charge in [-0.3, -0.25) is 0 Å². The number of nitrogens with one attached hydrogen (secondary N) is 2. The van der Waals surface area contributed by atoms with Gasteiger partial charge in [-0.1, -0.05) is 134 Å². The summed E-state index contributed by atoms with van der Waals surface area (Å²) in [4.78, 5) is 0. The lowest BCUT2D eigenvalue weighted by Crippen LogP contribution is -2.02. The molecule has 0 saturated heterocycles. The van der Waals surface area contributed by atoms with Crippen LogP contribution in [0.4, 0.5) is 17.1 Å². The van der Waals surface area contributed by atoms with Gasteiger partial charge in [0.05, 0.1) is 11.4 Å². The maximum atomic E-state index is 8.70. The van der Waals surface area contributed by atoms with Crippen LogP contribution in [0.1, 0.15) is 40.7 Å². The molecule has 6 N–H and O–H groups in total. The summed E-state index contributed by atoms with van der Waals surface area (Å²) in [5, 5.41) is 14.3. The highest BCUT2D eigenvalue weighted by Crippen LogP contribution is 2.37. The van der Waals surface area contributed by atoms with E-state index in [9.17, 15) is 0 Å². The lowest BCUT2D eigenvalue weighted by Gasteiger charge is -2.11. The molecular formula is C48H42N4O. The third-order valence-electron chi connectivity index (χ3n) is 9.38. The largest absolute Gasteiger partial charge is 0.454 e. The van der Waals surface area contributed by atoms with Crippen LogP contribution in [0.5, 0.6) is 0 Å². The van der Waals surface area contributed by atoms with E-state index in [1.807, 2.05) is 91.0 Å². The standard InChI is InChI=1S/C41H34N4O.C7H8/c1-2-26-23-33(42)20-21-38(26)45-39-10-6-9-34-35-24-32(19-22-40(35)46-41(34)39)29-13-17-31(18-14-29)37(44)25-36(43)30-15-11-28(12-16-30)27-7-4-3-5-8-27;1-7-5-3-2-4-6-7/h2,4,6-25,44-45H,1,3,5,42-43H2;2-6H,1H3/b36-25-,44-37?;. The Balaban J connectivity index is 0.000000559. The fourth-order valence-corrected chi connectivity index (χ4v) is 6.47. The smallest absolute Gasteiger partial charge is 0.158 e. The Hall–Kier alpha value is -6.85. The number of nitrogens with two attached hydrogens (primary N) is 2. The van der Waals surface area contributed by atoms with Crippen molar-refractivity contribution in [2.24, 2.45) is 5.73 Å². The van der Waals surface area contributed by atoms with Crippen molar-refractivity contribution in [2.45, 2.75) is 19.8 Å². The van der Waals surface area contributed by atoms with Gasteiger partial charge in [0.2, 0.25) is 0 Å². The topological polar surface area (TPSA) is 101 Å². The first-order chi connectivity index (χ1) is 25.9. The second-order valence-electron chi connectivity index (χ2n) is 13.1. The molecule has 5 heteroatoms. The van der Waals surface area contributed by atoms with E-state index in [1.54, 1.807) is 12.2 Å². The van der Waals surface area contributed by atoms with Gasteiger partial charge in [-0.25, -0.2) is 0 Å². The summed E-state index contributed by atoms with van der Waals surface area (Å²) in [6.07, 6.45) is 12.3. The van der Waals surface area contributed by atoms with Gasteiger partial charge < -0.3 is 26.6 Å². The van der Waals surface area contributed by atoms with E-state index in [0.717, 1.165) is 74.0 Å². The quantitative estimate of drug-likeness (QED) is 0.0941. The second-order valence-corrected chi connectivity index (χ2v) is 13.1. The van der Waals surface area contributed by atoms with Gasteiger partial charge in [-0.05, 0) is 101 Å². The van der Waals surface area contributed by atoms with Gasteiger partial charge in [0.15, 0.2) is 5.58 Å². The summed E-state index contributed by atoms with van der Waals surface area (Å²) >= 11 is 0. The normalized spacial score (nSPS) is 12.5. The molecule has 6 aromatic carbocycles. The Labute approximate surface area is 310 Å². The maximum Gasteiger partial charge on any atom is 0.158 e. The SMILES string of the molecule is C=Cc1cc(N)ccc1Nc1cccc2c1oc1ccc(-c3ccc(C(=N)/C=C(\N)c4ccc(C5=CCCC=C5)cc4)cc3)cc12.Cc1ccccc1.